The van der Waals surface area contributed by atoms with Gasteiger partial charge in [-0.25, -0.2) is 0 Å². The number of aliphatic hydroxyl groups excluding tert-OH is 7. The number of ether oxygens (including phenoxy) is 4. The third-order valence-corrected chi connectivity index (χ3v) is 12.1. The Bertz CT molecular complexity index is 1200. The van der Waals surface area contributed by atoms with Crippen LogP contribution in [0, 0.1) is 0 Å². The van der Waals surface area contributed by atoms with Gasteiger partial charge in [-0.1, -0.05) is 129 Å². The third-order valence-electron chi connectivity index (χ3n) is 11.1. The summed E-state index contributed by atoms with van der Waals surface area (Å²) in [5, 5.41) is 72.7. The number of aliphatic hydroxyl groups is 7. The van der Waals surface area contributed by atoms with Gasteiger partial charge in [0.05, 0.1) is 19.3 Å². The summed E-state index contributed by atoms with van der Waals surface area (Å²) in [5.74, 6) is -1.22. The summed E-state index contributed by atoms with van der Waals surface area (Å²) in [7, 11) is -5.54. The number of rotatable bonds is 33. The fourth-order valence-electron chi connectivity index (χ4n) is 7.33. The molecule has 18 nitrogen and oxygen atoms in total. The molecule has 60 heavy (non-hydrogen) atoms. The van der Waals surface area contributed by atoms with Gasteiger partial charge in [-0.3, -0.25) is 14.2 Å². The van der Waals surface area contributed by atoms with E-state index in [1.807, 2.05) is 0 Å². The van der Waals surface area contributed by atoms with Crippen LogP contribution in [0.2, 0.25) is 0 Å². The molecule has 354 valence electrons. The number of phosphoric acid groups is 1. The van der Waals surface area contributed by atoms with E-state index in [9.17, 15) is 54.8 Å². The lowest BCUT2D eigenvalue weighted by Gasteiger charge is -2.47. The van der Waals surface area contributed by atoms with Crippen molar-refractivity contribution in [2.24, 2.45) is 5.73 Å². The number of hydrogen-bond acceptors (Lipinski definition) is 18. The predicted molar refractivity (Wildman–Crippen MR) is 217 cm³/mol. The fraction of sp³-hybridized carbons (Fsp3) is 0.951. The Morgan fingerprint density at radius 1 is 0.633 bits per heavy atom. The largest absolute Gasteiger partial charge is 0.756 e. The molecular weight excluding hydrogens is 809 g/mol. The number of unbranched alkanes of at least 4 members (excludes halogenated alkanes) is 18. The lowest BCUT2D eigenvalue weighted by molar-refractivity contribution is -0.319. The van der Waals surface area contributed by atoms with E-state index < -0.39 is 113 Å². The Balaban J connectivity index is 1.98. The Hall–Kier alpha value is -1.35. The molecule has 1 saturated heterocycles. The number of carbonyl (C=O) groups excluding carboxylic acids is 2. The summed E-state index contributed by atoms with van der Waals surface area (Å²) in [6.45, 7) is 2.19. The quantitative estimate of drug-likeness (QED) is 0.0267. The zero-order valence-electron chi connectivity index (χ0n) is 35.8. The van der Waals surface area contributed by atoms with E-state index in [1.165, 1.54) is 64.2 Å². The first-order valence-electron chi connectivity index (χ1n) is 22.4. The SMILES string of the molecule is CCCCCCCCCCCCC(=O)OC[C@H](COP(=O)([O-])O[C@@H]1[C@H](O)[C@@H](O[C@H]2O[C@H](CO)[C@@H](O)[C@H](O)[C@H]2N)[C@H](O)[C@@H](O)[C@H]1O)OC(=O)CCCCCCCCCCCC. The number of nitrogens with two attached hydrogens (primary N) is 1. The summed E-state index contributed by atoms with van der Waals surface area (Å²) in [4.78, 5) is 38.5. The van der Waals surface area contributed by atoms with E-state index in [1.54, 1.807) is 0 Å². The lowest BCUT2D eigenvalue weighted by atomic mass is 9.84. The highest BCUT2D eigenvalue weighted by Gasteiger charge is 2.54. The first kappa shape index (κ1) is 54.8. The standard InChI is InChI=1S/C41H78NO17P/c1-3-5-7-9-11-13-15-17-19-21-23-30(44)54-26-28(56-31(45)24-22-20-18-16-14-12-10-8-6-4-2)27-55-60(52,53)59-40-37(50)35(48)36(49)39(38(40)51)58-41-32(42)34(47)33(46)29(25-43)57-41/h28-29,32-41,43,46-51H,3-27,42H2,1-2H3,(H,52,53)/p-1/t28-,29-,32-,33-,34-,35-,36-,37-,38-,39+,40+,41-/m1/s1. The number of esters is 2. The highest BCUT2D eigenvalue weighted by Crippen LogP contribution is 2.44. The smallest absolute Gasteiger partial charge is 0.306 e. The highest BCUT2D eigenvalue weighted by molar-refractivity contribution is 7.45. The van der Waals surface area contributed by atoms with E-state index in [2.05, 4.69) is 13.8 Å². The molecule has 1 saturated carbocycles. The molecule has 0 radical (unpaired) electrons. The van der Waals surface area contributed by atoms with Gasteiger partial charge < -0.3 is 74.4 Å². The van der Waals surface area contributed by atoms with Crippen LogP contribution in [-0.2, 0) is 42.1 Å². The Labute approximate surface area is 356 Å². The first-order chi connectivity index (χ1) is 28.7. The van der Waals surface area contributed by atoms with E-state index in [4.69, 9.17) is 33.7 Å². The number of hydrogen-bond donors (Lipinski definition) is 8. The van der Waals surface area contributed by atoms with Crippen molar-refractivity contribution in [1.82, 2.24) is 0 Å². The number of phosphoric ester groups is 1. The van der Waals surface area contributed by atoms with Gasteiger partial charge in [0.25, 0.3) is 7.82 Å². The molecule has 1 aliphatic heterocycles. The van der Waals surface area contributed by atoms with Crippen molar-refractivity contribution in [3.63, 3.8) is 0 Å². The van der Waals surface area contributed by atoms with Crippen molar-refractivity contribution < 1.29 is 82.8 Å². The lowest BCUT2D eigenvalue weighted by Crippen LogP contribution is -2.68. The van der Waals surface area contributed by atoms with Crippen LogP contribution in [0.15, 0.2) is 0 Å². The average molecular weight is 887 g/mol. The molecule has 9 N–H and O–H groups in total. The molecule has 0 bridgehead atoms. The van der Waals surface area contributed by atoms with Gasteiger partial charge in [0, 0.05) is 12.8 Å². The Morgan fingerprint density at radius 3 is 1.60 bits per heavy atom. The fourth-order valence-corrected chi connectivity index (χ4v) is 8.29. The van der Waals surface area contributed by atoms with Crippen LogP contribution in [0.5, 0.6) is 0 Å². The van der Waals surface area contributed by atoms with Gasteiger partial charge >= 0.3 is 11.9 Å². The van der Waals surface area contributed by atoms with Crippen molar-refractivity contribution in [2.45, 2.75) is 228 Å². The summed E-state index contributed by atoms with van der Waals surface area (Å²) >= 11 is 0. The van der Waals surface area contributed by atoms with Gasteiger partial charge in [-0.05, 0) is 12.8 Å². The Kier molecular flexibility index (Phi) is 28.0. The van der Waals surface area contributed by atoms with Crippen molar-refractivity contribution >= 4 is 19.8 Å². The summed E-state index contributed by atoms with van der Waals surface area (Å²) < 4.78 is 44.7. The minimum atomic E-state index is -5.54. The van der Waals surface area contributed by atoms with E-state index in [0.29, 0.717) is 12.8 Å². The molecule has 1 heterocycles. The predicted octanol–water partition coefficient (Wildman–Crippen LogP) is 2.54. The van der Waals surface area contributed by atoms with Gasteiger partial charge in [-0.2, -0.15) is 0 Å². The molecule has 2 aliphatic rings. The molecule has 0 amide bonds. The van der Waals surface area contributed by atoms with Crippen LogP contribution in [0.4, 0.5) is 0 Å². The third kappa shape index (κ3) is 20.4. The van der Waals surface area contributed by atoms with Crippen LogP contribution in [0.3, 0.4) is 0 Å². The van der Waals surface area contributed by atoms with E-state index >= 15 is 0 Å². The molecule has 1 unspecified atom stereocenters. The summed E-state index contributed by atoms with van der Waals surface area (Å²) in [6.07, 6.45) is 0.935. The molecule has 2 rings (SSSR count). The maximum atomic E-state index is 13.1. The monoisotopic (exact) mass is 886 g/mol. The minimum Gasteiger partial charge on any atom is -0.756 e. The summed E-state index contributed by atoms with van der Waals surface area (Å²) in [5.41, 5.74) is 5.88. The van der Waals surface area contributed by atoms with Gasteiger partial charge in [0.15, 0.2) is 12.4 Å². The van der Waals surface area contributed by atoms with Crippen molar-refractivity contribution in [3.05, 3.63) is 0 Å². The molecule has 19 heteroatoms. The van der Waals surface area contributed by atoms with Gasteiger partial charge in [0.2, 0.25) is 0 Å². The number of carbonyl (C=O) groups is 2. The van der Waals surface area contributed by atoms with Crippen LogP contribution >= 0.6 is 7.82 Å². The van der Waals surface area contributed by atoms with E-state index in [-0.39, 0.29) is 12.8 Å². The van der Waals surface area contributed by atoms with Gasteiger partial charge in [0.1, 0.15) is 61.5 Å². The van der Waals surface area contributed by atoms with Crippen molar-refractivity contribution in [2.75, 3.05) is 19.8 Å². The molecular formula is C41H77NO17P-. The molecule has 13 atom stereocenters. The maximum Gasteiger partial charge on any atom is 0.306 e. The van der Waals surface area contributed by atoms with Crippen LogP contribution < -0.4 is 10.6 Å². The maximum absolute atomic E-state index is 13.1. The topological polar surface area (TPSA) is 297 Å². The van der Waals surface area contributed by atoms with Crippen molar-refractivity contribution in [3.8, 4) is 0 Å². The second kappa shape index (κ2) is 30.7. The molecule has 2 fully saturated rings. The Morgan fingerprint density at radius 2 is 1.10 bits per heavy atom. The van der Waals surface area contributed by atoms with Crippen LogP contribution in [-0.4, -0.2) is 141 Å². The second-order valence-electron chi connectivity index (χ2n) is 16.3. The zero-order valence-corrected chi connectivity index (χ0v) is 36.7. The van der Waals surface area contributed by atoms with Gasteiger partial charge in [-0.15, -0.1) is 0 Å². The minimum absolute atomic E-state index is 0.0382. The molecule has 0 aromatic heterocycles. The zero-order chi connectivity index (χ0) is 44.5. The second-order valence-corrected chi connectivity index (χ2v) is 17.7. The molecule has 0 aromatic carbocycles. The molecule has 0 aromatic rings. The normalized spacial score (nSPS) is 29.8. The van der Waals surface area contributed by atoms with Crippen molar-refractivity contribution in [1.29, 1.82) is 0 Å². The molecule has 0 spiro atoms. The first-order valence-corrected chi connectivity index (χ1v) is 23.9. The van der Waals surface area contributed by atoms with Crippen LogP contribution in [0.1, 0.15) is 155 Å². The highest BCUT2D eigenvalue weighted by atomic mass is 31.2. The molecule has 1 aliphatic carbocycles. The van der Waals surface area contributed by atoms with Crippen LogP contribution in [0.25, 0.3) is 0 Å². The van der Waals surface area contributed by atoms with E-state index in [0.717, 1.165) is 51.4 Å². The summed E-state index contributed by atoms with van der Waals surface area (Å²) in [6, 6.07) is -1.49. The average Bonchev–Trinajstić information content (AvgIpc) is 3.22.